The van der Waals surface area contributed by atoms with Crippen LogP contribution in [0.2, 0.25) is 0 Å². The molecule has 4 rings (SSSR count). The molecule has 2 heterocycles. The summed E-state index contributed by atoms with van der Waals surface area (Å²) in [7, 11) is 1.66. The van der Waals surface area contributed by atoms with E-state index in [2.05, 4.69) is 5.32 Å². The molecule has 1 amide bonds. The van der Waals surface area contributed by atoms with E-state index in [1.54, 1.807) is 7.11 Å². The number of hydrogen-bond acceptors (Lipinski definition) is 4. The Morgan fingerprint density at radius 2 is 2.00 bits per heavy atom. The topological polar surface area (TPSA) is 54.7 Å². The van der Waals surface area contributed by atoms with Crippen LogP contribution in [0, 0.1) is 0 Å². The van der Waals surface area contributed by atoms with Gasteiger partial charge in [-0.25, -0.2) is 0 Å². The lowest BCUT2D eigenvalue weighted by Gasteiger charge is -2.33. The molecule has 1 aromatic heterocycles. The third-order valence-corrected chi connectivity index (χ3v) is 4.81. The van der Waals surface area contributed by atoms with Crippen molar-refractivity contribution in [2.24, 2.45) is 0 Å². The highest BCUT2D eigenvalue weighted by Crippen LogP contribution is 2.23. The molecule has 5 heteroatoms. The molecule has 0 radical (unpaired) electrons. The molecule has 0 saturated carbocycles. The predicted octanol–water partition coefficient (Wildman–Crippen LogP) is 4.16. The lowest BCUT2D eigenvalue weighted by molar-refractivity contribution is 0.0685. The predicted molar refractivity (Wildman–Crippen MR) is 102 cm³/mol. The Bertz CT molecular complexity index is 868. The van der Waals surface area contributed by atoms with Crippen molar-refractivity contribution in [3.63, 3.8) is 0 Å². The van der Waals surface area contributed by atoms with Gasteiger partial charge in [-0.15, -0.1) is 0 Å². The molecular formula is C21H22N2O3. The quantitative estimate of drug-likeness (QED) is 0.768. The van der Waals surface area contributed by atoms with E-state index in [1.807, 2.05) is 59.5 Å². The van der Waals surface area contributed by atoms with Crippen LogP contribution >= 0.6 is 0 Å². The largest absolute Gasteiger partial charge is 0.497 e. The van der Waals surface area contributed by atoms with Crippen molar-refractivity contribution < 1.29 is 13.9 Å². The minimum absolute atomic E-state index is 0.0394. The van der Waals surface area contributed by atoms with Gasteiger partial charge in [0.1, 0.15) is 11.3 Å². The zero-order valence-corrected chi connectivity index (χ0v) is 14.8. The van der Waals surface area contributed by atoms with Crippen molar-refractivity contribution in [3.8, 4) is 5.75 Å². The molecule has 1 fully saturated rings. The van der Waals surface area contributed by atoms with Crippen molar-refractivity contribution in [2.75, 3.05) is 25.5 Å². The van der Waals surface area contributed by atoms with E-state index in [0.29, 0.717) is 12.3 Å². The second kappa shape index (κ2) is 7.12. The number of rotatable bonds is 4. The number of furan rings is 1. The number of para-hydroxylation sites is 1. The molecule has 3 aromatic rings. The number of hydrogen-bond donors (Lipinski definition) is 1. The number of anilines is 1. The second-order valence-electron chi connectivity index (χ2n) is 6.61. The molecule has 26 heavy (non-hydrogen) atoms. The third kappa shape index (κ3) is 3.38. The molecule has 1 saturated heterocycles. The number of carbonyl (C=O) groups excluding carboxylic acids is 1. The van der Waals surface area contributed by atoms with Crippen LogP contribution in [0.25, 0.3) is 11.0 Å². The van der Waals surface area contributed by atoms with Crippen molar-refractivity contribution in [2.45, 2.75) is 18.9 Å². The van der Waals surface area contributed by atoms with Crippen molar-refractivity contribution in [1.82, 2.24) is 4.90 Å². The Hall–Kier alpha value is -2.95. The zero-order chi connectivity index (χ0) is 17.9. The van der Waals surface area contributed by atoms with Crippen molar-refractivity contribution in [3.05, 3.63) is 60.4 Å². The smallest absolute Gasteiger partial charge is 0.289 e. The van der Waals surface area contributed by atoms with E-state index in [-0.39, 0.29) is 11.9 Å². The Kier molecular flexibility index (Phi) is 4.52. The normalized spacial score (nSPS) is 17.3. The Labute approximate surface area is 152 Å². The summed E-state index contributed by atoms with van der Waals surface area (Å²) in [5, 5.41) is 4.47. The van der Waals surface area contributed by atoms with Crippen LogP contribution in [-0.2, 0) is 0 Å². The molecule has 0 bridgehead atoms. The van der Waals surface area contributed by atoms with Gasteiger partial charge >= 0.3 is 0 Å². The van der Waals surface area contributed by atoms with Crippen molar-refractivity contribution in [1.29, 1.82) is 0 Å². The Morgan fingerprint density at radius 1 is 1.19 bits per heavy atom. The number of carbonyl (C=O) groups is 1. The minimum Gasteiger partial charge on any atom is -0.497 e. The maximum Gasteiger partial charge on any atom is 0.289 e. The van der Waals surface area contributed by atoms with Crippen LogP contribution in [0.4, 0.5) is 5.69 Å². The summed E-state index contributed by atoms with van der Waals surface area (Å²) < 4.78 is 10.9. The Morgan fingerprint density at radius 3 is 2.77 bits per heavy atom. The molecule has 2 aromatic carbocycles. The average molecular weight is 350 g/mol. The number of piperidine rings is 1. The molecule has 0 spiro atoms. The van der Waals surface area contributed by atoms with E-state index in [1.165, 1.54) is 0 Å². The van der Waals surface area contributed by atoms with Gasteiger partial charge < -0.3 is 19.4 Å². The molecule has 0 unspecified atom stereocenters. The SMILES string of the molecule is COc1ccc(N[C@@H]2CCCN(C(=O)c3cc4ccccc4o3)C2)cc1. The van der Waals surface area contributed by atoms with Crippen LogP contribution < -0.4 is 10.1 Å². The fourth-order valence-electron chi connectivity index (χ4n) is 3.45. The second-order valence-corrected chi connectivity index (χ2v) is 6.61. The molecule has 5 nitrogen and oxygen atoms in total. The first-order chi connectivity index (χ1) is 12.7. The van der Waals surface area contributed by atoms with Crippen LogP contribution in [0.5, 0.6) is 5.75 Å². The van der Waals surface area contributed by atoms with E-state index in [9.17, 15) is 4.79 Å². The maximum absolute atomic E-state index is 12.8. The van der Waals surface area contributed by atoms with Gasteiger partial charge in [0, 0.05) is 30.2 Å². The highest BCUT2D eigenvalue weighted by molar-refractivity contribution is 5.96. The van der Waals surface area contributed by atoms with Crippen LogP contribution in [0.15, 0.2) is 59.0 Å². The lowest BCUT2D eigenvalue weighted by Crippen LogP contribution is -2.45. The molecule has 134 valence electrons. The summed E-state index contributed by atoms with van der Waals surface area (Å²) in [6.45, 7) is 1.43. The molecule has 1 atom stereocenters. The van der Waals surface area contributed by atoms with Crippen molar-refractivity contribution >= 4 is 22.6 Å². The van der Waals surface area contributed by atoms with Gasteiger partial charge in [0.15, 0.2) is 5.76 Å². The van der Waals surface area contributed by atoms with E-state index < -0.39 is 0 Å². The highest BCUT2D eigenvalue weighted by Gasteiger charge is 2.26. The van der Waals surface area contributed by atoms with Gasteiger partial charge in [0.05, 0.1) is 7.11 Å². The van der Waals surface area contributed by atoms with Gasteiger partial charge in [-0.2, -0.15) is 0 Å². The molecule has 1 N–H and O–H groups in total. The summed E-state index contributed by atoms with van der Waals surface area (Å²) in [6, 6.07) is 17.6. The lowest BCUT2D eigenvalue weighted by atomic mass is 10.0. The first-order valence-corrected chi connectivity index (χ1v) is 8.91. The first-order valence-electron chi connectivity index (χ1n) is 8.91. The van der Waals surface area contributed by atoms with E-state index >= 15 is 0 Å². The fourth-order valence-corrected chi connectivity index (χ4v) is 3.45. The number of nitrogens with zero attached hydrogens (tertiary/aromatic N) is 1. The fraction of sp³-hybridized carbons (Fsp3) is 0.286. The number of nitrogens with one attached hydrogen (secondary N) is 1. The number of amides is 1. The molecule has 1 aliphatic rings. The number of benzene rings is 2. The molecule has 1 aliphatic heterocycles. The monoisotopic (exact) mass is 350 g/mol. The van der Waals surface area contributed by atoms with Crippen LogP contribution in [0.1, 0.15) is 23.4 Å². The van der Waals surface area contributed by atoms with E-state index in [4.69, 9.17) is 9.15 Å². The average Bonchev–Trinajstić information content (AvgIpc) is 3.12. The maximum atomic E-state index is 12.8. The Balaban J connectivity index is 1.44. The van der Waals surface area contributed by atoms with E-state index in [0.717, 1.165) is 41.8 Å². The third-order valence-electron chi connectivity index (χ3n) is 4.81. The number of methoxy groups -OCH3 is 1. The summed E-state index contributed by atoms with van der Waals surface area (Å²) >= 11 is 0. The van der Waals surface area contributed by atoms with Gasteiger partial charge in [-0.1, -0.05) is 18.2 Å². The van der Waals surface area contributed by atoms with Gasteiger partial charge in [-0.3, -0.25) is 4.79 Å². The van der Waals surface area contributed by atoms with Gasteiger partial charge in [0.25, 0.3) is 5.91 Å². The highest BCUT2D eigenvalue weighted by atomic mass is 16.5. The summed E-state index contributed by atoms with van der Waals surface area (Å²) in [5.41, 5.74) is 1.79. The van der Waals surface area contributed by atoms with Crippen LogP contribution in [0.3, 0.4) is 0 Å². The number of ether oxygens (including phenoxy) is 1. The van der Waals surface area contributed by atoms with Gasteiger partial charge in [-0.05, 0) is 49.2 Å². The standard InChI is InChI=1S/C21H22N2O3/c1-25-18-10-8-16(9-11-18)22-17-6-4-12-23(14-17)21(24)20-13-15-5-2-3-7-19(15)26-20/h2-3,5,7-11,13,17,22H,4,6,12,14H2,1H3/t17-/m1/s1. The summed E-state index contributed by atoms with van der Waals surface area (Å²) in [4.78, 5) is 14.7. The van der Waals surface area contributed by atoms with Gasteiger partial charge in [0.2, 0.25) is 0 Å². The first kappa shape index (κ1) is 16.5. The number of likely N-dealkylation sites (tertiary alicyclic amines) is 1. The zero-order valence-electron chi connectivity index (χ0n) is 14.8. The van der Waals surface area contributed by atoms with Crippen LogP contribution in [-0.4, -0.2) is 37.0 Å². The molecular weight excluding hydrogens is 328 g/mol. The molecule has 0 aliphatic carbocycles. The number of fused-ring (bicyclic) bond motifs is 1. The summed E-state index contributed by atoms with van der Waals surface area (Å²) in [5.74, 6) is 1.21. The minimum atomic E-state index is -0.0394. The summed E-state index contributed by atoms with van der Waals surface area (Å²) in [6.07, 6.45) is 2.01.